The SMILES string of the molecule is CCC(CC)NC(=O)CSc1cc(C)ccc1C. The summed E-state index contributed by atoms with van der Waals surface area (Å²) in [5.41, 5.74) is 2.48. The topological polar surface area (TPSA) is 29.1 Å². The van der Waals surface area contributed by atoms with E-state index in [4.69, 9.17) is 0 Å². The molecule has 18 heavy (non-hydrogen) atoms. The van der Waals surface area contributed by atoms with Gasteiger partial charge in [-0.25, -0.2) is 0 Å². The second-order valence-corrected chi connectivity index (χ2v) is 5.66. The maximum Gasteiger partial charge on any atom is 0.230 e. The van der Waals surface area contributed by atoms with Crippen molar-refractivity contribution in [3.05, 3.63) is 29.3 Å². The van der Waals surface area contributed by atoms with Gasteiger partial charge in [-0.15, -0.1) is 11.8 Å². The van der Waals surface area contributed by atoms with Crippen LogP contribution < -0.4 is 5.32 Å². The lowest BCUT2D eigenvalue weighted by Crippen LogP contribution is -2.35. The number of carbonyl (C=O) groups excluding carboxylic acids is 1. The van der Waals surface area contributed by atoms with E-state index < -0.39 is 0 Å². The highest BCUT2D eigenvalue weighted by Gasteiger charge is 2.09. The van der Waals surface area contributed by atoms with E-state index in [1.165, 1.54) is 16.0 Å². The number of nitrogens with one attached hydrogen (secondary N) is 1. The molecular formula is C15H23NOS. The van der Waals surface area contributed by atoms with Crippen LogP contribution in [-0.2, 0) is 4.79 Å². The quantitative estimate of drug-likeness (QED) is 0.795. The molecule has 0 atom stereocenters. The first-order valence-corrected chi connectivity index (χ1v) is 7.54. The van der Waals surface area contributed by atoms with E-state index in [0.29, 0.717) is 11.8 Å². The number of aryl methyl sites for hydroxylation is 2. The van der Waals surface area contributed by atoms with Gasteiger partial charge in [0, 0.05) is 10.9 Å². The Labute approximate surface area is 115 Å². The van der Waals surface area contributed by atoms with Crippen LogP contribution in [0.5, 0.6) is 0 Å². The first-order chi connectivity index (χ1) is 8.56. The van der Waals surface area contributed by atoms with E-state index in [-0.39, 0.29) is 5.91 Å². The van der Waals surface area contributed by atoms with Crippen molar-refractivity contribution in [2.24, 2.45) is 0 Å². The number of carbonyl (C=O) groups is 1. The van der Waals surface area contributed by atoms with Crippen molar-refractivity contribution in [3.8, 4) is 0 Å². The van der Waals surface area contributed by atoms with Crippen molar-refractivity contribution in [1.82, 2.24) is 5.32 Å². The summed E-state index contributed by atoms with van der Waals surface area (Å²) < 4.78 is 0. The normalized spacial score (nSPS) is 10.7. The van der Waals surface area contributed by atoms with Crippen LogP contribution in [-0.4, -0.2) is 17.7 Å². The molecule has 0 unspecified atom stereocenters. The lowest BCUT2D eigenvalue weighted by molar-refractivity contribution is -0.119. The number of hydrogen-bond acceptors (Lipinski definition) is 2. The van der Waals surface area contributed by atoms with E-state index in [1.807, 2.05) is 0 Å². The van der Waals surface area contributed by atoms with E-state index in [0.717, 1.165) is 12.8 Å². The molecule has 0 saturated heterocycles. The van der Waals surface area contributed by atoms with Gasteiger partial charge in [-0.05, 0) is 38.3 Å². The predicted octanol–water partition coefficient (Wildman–Crippen LogP) is 3.70. The predicted molar refractivity (Wildman–Crippen MR) is 79.2 cm³/mol. The molecule has 1 N–H and O–H groups in total. The largest absolute Gasteiger partial charge is 0.353 e. The number of amides is 1. The van der Waals surface area contributed by atoms with Crippen molar-refractivity contribution in [1.29, 1.82) is 0 Å². The molecule has 2 nitrogen and oxygen atoms in total. The summed E-state index contributed by atoms with van der Waals surface area (Å²) in [7, 11) is 0. The Bertz CT molecular complexity index is 399. The van der Waals surface area contributed by atoms with Gasteiger partial charge in [-0.3, -0.25) is 4.79 Å². The van der Waals surface area contributed by atoms with Gasteiger partial charge in [0.1, 0.15) is 0 Å². The minimum absolute atomic E-state index is 0.134. The third-order valence-corrected chi connectivity index (χ3v) is 4.21. The minimum atomic E-state index is 0.134. The van der Waals surface area contributed by atoms with Gasteiger partial charge < -0.3 is 5.32 Å². The van der Waals surface area contributed by atoms with Gasteiger partial charge >= 0.3 is 0 Å². The molecule has 0 fully saturated rings. The highest BCUT2D eigenvalue weighted by atomic mass is 32.2. The summed E-state index contributed by atoms with van der Waals surface area (Å²) in [6.45, 7) is 8.37. The monoisotopic (exact) mass is 265 g/mol. The molecule has 1 aromatic rings. The van der Waals surface area contributed by atoms with Crippen LogP contribution in [0.3, 0.4) is 0 Å². The van der Waals surface area contributed by atoms with Gasteiger partial charge in [0.25, 0.3) is 0 Å². The highest BCUT2D eigenvalue weighted by Crippen LogP contribution is 2.23. The molecule has 1 amide bonds. The number of thioether (sulfide) groups is 1. The van der Waals surface area contributed by atoms with E-state index in [1.54, 1.807) is 11.8 Å². The van der Waals surface area contributed by atoms with E-state index >= 15 is 0 Å². The van der Waals surface area contributed by atoms with Crippen LogP contribution in [0.4, 0.5) is 0 Å². The molecule has 0 heterocycles. The van der Waals surface area contributed by atoms with Crippen molar-refractivity contribution >= 4 is 17.7 Å². The molecule has 0 saturated carbocycles. The van der Waals surface area contributed by atoms with Crippen molar-refractivity contribution in [3.63, 3.8) is 0 Å². The third kappa shape index (κ3) is 4.73. The van der Waals surface area contributed by atoms with E-state index in [2.05, 4.69) is 51.2 Å². The van der Waals surface area contributed by atoms with Gasteiger partial charge in [0.2, 0.25) is 5.91 Å². The highest BCUT2D eigenvalue weighted by molar-refractivity contribution is 8.00. The standard InChI is InChI=1S/C15H23NOS/c1-5-13(6-2)16-15(17)10-18-14-9-11(3)7-8-12(14)4/h7-9,13H,5-6,10H2,1-4H3,(H,16,17). The Morgan fingerprint density at radius 1 is 1.28 bits per heavy atom. The zero-order valence-electron chi connectivity index (χ0n) is 11.7. The Morgan fingerprint density at radius 3 is 2.56 bits per heavy atom. The Balaban J connectivity index is 2.49. The molecule has 100 valence electrons. The summed E-state index contributed by atoms with van der Waals surface area (Å²) in [6.07, 6.45) is 1.99. The van der Waals surface area contributed by atoms with Crippen LogP contribution >= 0.6 is 11.8 Å². The maximum atomic E-state index is 11.8. The van der Waals surface area contributed by atoms with Gasteiger partial charge in [-0.1, -0.05) is 31.5 Å². The average Bonchev–Trinajstić information content (AvgIpc) is 2.37. The van der Waals surface area contributed by atoms with Crippen molar-refractivity contribution < 1.29 is 4.79 Å². The maximum absolute atomic E-state index is 11.8. The summed E-state index contributed by atoms with van der Waals surface area (Å²) >= 11 is 1.62. The number of rotatable bonds is 6. The van der Waals surface area contributed by atoms with Crippen LogP contribution in [0.2, 0.25) is 0 Å². The molecule has 0 aliphatic heterocycles. The zero-order chi connectivity index (χ0) is 13.5. The number of hydrogen-bond donors (Lipinski definition) is 1. The molecule has 0 aliphatic rings. The van der Waals surface area contributed by atoms with Gasteiger partial charge in [-0.2, -0.15) is 0 Å². The molecule has 3 heteroatoms. The summed E-state index contributed by atoms with van der Waals surface area (Å²) in [4.78, 5) is 13.0. The lowest BCUT2D eigenvalue weighted by atomic mass is 10.2. The summed E-state index contributed by atoms with van der Waals surface area (Å²) in [6, 6.07) is 6.67. The second kappa shape index (κ2) is 7.47. The Morgan fingerprint density at radius 2 is 1.94 bits per heavy atom. The fraction of sp³-hybridized carbons (Fsp3) is 0.533. The zero-order valence-corrected chi connectivity index (χ0v) is 12.6. The molecular weight excluding hydrogens is 242 g/mol. The third-order valence-electron chi connectivity index (χ3n) is 3.05. The fourth-order valence-electron chi connectivity index (χ4n) is 1.77. The molecule has 0 radical (unpaired) electrons. The molecule has 0 bridgehead atoms. The van der Waals surface area contributed by atoms with Crippen LogP contribution in [0.1, 0.15) is 37.8 Å². The Kier molecular flexibility index (Phi) is 6.27. The molecule has 0 aromatic heterocycles. The fourth-order valence-corrected chi connectivity index (χ4v) is 2.70. The lowest BCUT2D eigenvalue weighted by Gasteiger charge is -2.14. The molecule has 0 spiro atoms. The van der Waals surface area contributed by atoms with Crippen molar-refractivity contribution in [2.45, 2.75) is 51.5 Å². The second-order valence-electron chi connectivity index (χ2n) is 4.64. The minimum Gasteiger partial charge on any atom is -0.353 e. The Hall–Kier alpha value is -0.960. The van der Waals surface area contributed by atoms with Crippen molar-refractivity contribution in [2.75, 3.05) is 5.75 Å². The summed E-state index contributed by atoms with van der Waals surface area (Å²) in [5, 5.41) is 3.06. The first-order valence-electron chi connectivity index (χ1n) is 6.56. The van der Waals surface area contributed by atoms with Crippen LogP contribution in [0.25, 0.3) is 0 Å². The molecule has 1 aromatic carbocycles. The van der Waals surface area contributed by atoms with Gasteiger partial charge in [0.05, 0.1) is 5.75 Å². The van der Waals surface area contributed by atoms with Gasteiger partial charge in [0.15, 0.2) is 0 Å². The average molecular weight is 265 g/mol. The van der Waals surface area contributed by atoms with Crippen LogP contribution in [0.15, 0.2) is 23.1 Å². The van der Waals surface area contributed by atoms with Crippen LogP contribution in [0, 0.1) is 13.8 Å². The molecule has 1 rings (SSSR count). The molecule has 0 aliphatic carbocycles. The van der Waals surface area contributed by atoms with E-state index in [9.17, 15) is 4.79 Å². The smallest absolute Gasteiger partial charge is 0.230 e. The first kappa shape index (κ1) is 15.1. The summed E-state index contributed by atoms with van der Waals surface area (Å²) in [5.74, 6) is 0.635. The number of benzene rings is 1.